The van der Waals surface area contributed by atoms with Crippen molar-refractivity contribution in [3.05, 3.63) is 29.8 Å². The van der Waals surface area contributed by atoms with Gasteiger partial charge in [0.05, 0.1) is 6.07 Å². The van der Waals surface area contributed by atoms with Gasteiger partial charge in [0.1, 0.15) is 17.0 Å². The number of fused-ring (bicyclic) bond motifs is 2. The molecule has 3 heteroatoms. The fourth-order valence-electron chi connectivity index (χ4n) is 2.61. The van der Waals surface area contributed by atoms with Gasteiger partial charge in [-0.1, -0.05) is 18.2 Å². The van der Waals surface area contributed by atoms with Gasteiger partial charge in [0.25, 0.3) is 0 Å². The van der Waals surface area contributed by atoms with Crippen LogP contribution in [0.3, 0.4) is 0 Å². The van der Waals surface area contributed by atoms with E-state index in [0.29, 0.717) is 0 Å². The van der Waals surface area contributed by atoms with Crippen molar-refractivity contribution in [2.24, 2.45) is 0 Å². The van der Waals surface area contributed by atoms with E-state index in [4.69, 9.17) is 14.7 Å². The summed E-state index contributed by atoms with van der Waals surface area (Å²) in [7, 11) is 0. The number of hydrogen-bond acceptors (Lipinski definition) is 3. The maximum atomic E-state index is 9.00. The third kappa shape index (κ3) is 1.17. The molecule has 0 saturated carbocycles. The second-order valence-corrected chi connectivity index (χ2v) is 5.05. The lowest BCUT2D eigenvalue weighted by atomic mass is 9.82. The number of rotatable bonds is 0. The van der Waals surface area contributed by atoms with E-state index in [1.165, 1.54) is 0 Å². The lowest BCUT2D eigenvalue weighted by Gasteiger charge is -2.36. The van der Waals surface area contributed by atoms with Crippen LogP contribution in [0.5, 0.6) is 5.75 Å². The smallest absolute Gasteiger partial charge is 0.178 e. The van der Waals surface area contributed by atoms with Gasteiger partial charge in [-0.15, -0.1) is 0 Å². The molecular formula is C13H13NO2. The zero-order valence-electron chi connectivity index (χ0n) is 9.36. The van der Waals surface area contributed by atoms with Crippen LogP contribution in [0.2, 0.25) is 0 Å². The summed E-state index contributed by atoms with van der Waals surface area (Å²) in [4.78, 5) is 0. The molecule has 1 aromatic carbocycles. The molecule has 16 heavy (non-hydrogen) atoms. The summed E-state index contributed by atoms with van der Waals surface area (Å²) in [6.07, 6.45) is 0.409. The molecule has 2 atom stereocenters. The lowest BCUT2D eigenvalue weighted by Crippen LogP contribution is -2.39. The van der Waals surface area contributed by atoms with Crippen molar-refractivity contribution in [3.63, 3.8) is 0 Å². The Balaban J connectivity index is 2.12. The Hall–Kier alpha value is -1.53. The van der Waals surface area contributed by atoms with Gasteiger partial charge in [-0.2, -0.15) is 5.26 Å². The predicted octanol–water partition coefficient (Wildman–Crippen LogP) is 2.37. The Labute approximate surface area is 94.6 Å². The van der Waals surface area contributed by atoms with Gasteiger partial charge in [0.2, 0.25) is 0 Å². The SMILES string of the molecule is CC1(C)CC2(OC2C#N)c2ccccc2O1. The van der Waals surface area contributed by atoms with Crippen LogP contribution in [0.1, 0.15) is 25.8 Å². The summed E-state index contributed by atoms with van der Waals surface area (Å²) in [6, 6.07) is 10.0. The van der Waals surface area contributed by atoms with Crippen molar-refractivity contribution < 1.29 is 9.47 Å². The van der Waals surface area contributed by atoms with Gasteiger partial charge < -0.3 is 9.47 Å². The van der Waals surface area contributed by atoms with E-state index in [0.717, 1.165) is 17.7 Å². The molecule has 1 aromatic rings. The largest absolute Gasteiger partial charge is 0.487 e. The average Bonchev–Trinajstić information content (AvgIpc) is 2.90. The quantitative estimate of drug-likeness (QED) is 0.624. The third-order valence-electron chi connectivity index (χ3n) is 3.23. The molecule has 1 fully saturated rings. The molecule has 2 heterocycles. The summed E-state index contributed by atoms with van der Waals surface area (Å²) in [6.45, 7) is 4.06. The number of nitriles is 1. The van der Waals surface area contributed by atoms with Crippen LogP contribution in [0.25, 0.3) is 0 Å². The third-order valence-corrected chi connectivity index (χ3v) is 3.23. The molecule has 0 aromatic heterocycles. The topological polar surface area (TPSA) is 45.5 Å². The minimum Gasteiger partial charge on any atom is -0.487 e. The first kappa shape index (κ1) is 9.68. The molecule has 2 aliphatic heterocycles. The van der Waals surface area contributed by atoms with Crippen molar-refractivity contribution in [3.8, 4) is 11.8 Å². The van der Waals surface area contributed by atoms with Crippen LogP contribution in [-0.4, -0.2) is 11.7 Å². The highest BCUT2D eigenvalue weighted by Crippen LogP contribution is 2.57. The first-order chi connectivity index (χ1) is 7.57. The van der Waals surface area contributed by atoms with E-state index in [9.17, 15) is 0 Å². The van der Waals surface area contributed by atoms with Crippen molar-refractivity contribution >= 4 is 0 Å². The summed E-state index contributed by atoms with van der Waals surface area (Å²) in [5.41, 5.74) is 0.313. The van der Waals surface area contributed by atoms with Crippen LogP contribution in [-0.2, 0) is 10.3 Å². The van der Waals surface area contributed by atoms with Gasteiger partial charge in [0.15, 0.2) is 6.10 Å². The average molecular weight is 215 g/mol. The van der Waals surface area contributed by atoms with Gasteiger partial charge in [0, 0.05) is 12.0 Å². The van der Waals surface area contributed by atoms with Gasteiger partial charge in [-0.25, -0.2) is 0 Å². The first-order valence-corrected chi connectivity index (χ1v) is 5.43. The highest BCUT2D eigenvalue weighted by molar-refractivity contribution is 5.46. The second kappa shape index (κ2) is 2.78. The molecule has 1 saturated heterocycles. The highest BCUT2D eigenvalue weighted by atomic mass is 16.6. The molecule has 0 radical (unpaired) electrons. The molecule has 3 nitrogen and oxygen atoms in total. The molecule has 2 unspecified atom stereocenters. The number of ether oxygens (including phenoxy) is 2. The Morgan fingerprint density at radius 3 is 2.81 bits per heavy atom. The van der Waals surface area contributed by atoms with Crippen molar-refractivity contribution in [2.75, 3.05) is 0 Å². The fourth-order valence-corrected chi connectivity index (χ4v) is 2.61. The molecule has 0 bridgehead atoms. The minimum absolute atomic E-state index is 0.278. The fraction of sp³-hybridized carbons (Fsp3) is 0.462. The summed E-state index contributed by atoms with van der Waals surface area (Å²) >= 11 is 0. The van der Waals surface area contributed by atoms with Gasteiger partial charge in [-0.05, 0) is 19.9 Å². The van der Waals surface area contributed by atoms with Gasteiger partial charge in [-0.3, -0.25) is 0 Å². The van der Waals surface area contributed by atoms with Crippen LogP contribution in [0, 0.1) is 11.3 Å². The zero-order valence-corrected chi connectivity index (χ0v) is 9.36. The first-order valence-electron chi connectivity index (χ1n) is 5.43. The van der Waals surface area contributed by atoms with Crippen LogP contribution in [0.15, 0.2) is 24.3 Å². The minimum atomic E-state index is -0.424. The van der Waals surface area contributed by atoms with E-state index >= 15 is 0 Å². The summed E-state index contributed by atoms with van der Waals surface area (Å²) in [5.74, 6) is 0.844. The number of benzene rings is 1. The van der Waals surface area contributed by atoms with E-state index < -0.39 is 5.60 Å². The Bertz CT molecular complexity index is 489. The number of para-hydroxylation sites is 1. The van der Waals surface area contributed by atoms with E-state index in [2.05, 4.69) is 6.07 Å². The van der Waals surface area contributed by atoms with Gasteiger partial charge >= 0.3 is 0 Å². The monoisotopic (exact) mass is 215 g/mol. The van der Waals surface area contributed by atoms with Crippen LogP contribution >= 0.6 is 0 Å². The normalized spacial score (nSPS) is 33.7. The molecule has 82 valence electrons. The predicted molar refractivity (Wildman–Crippen MR) is 57.9 cm³/mol. The molecule has 2 aliphatic rings. The number of epoxide rings is 1. The Kier molecular flexibility index (Phi) is 1.68. The number of nitrogens with zero attached hydrogens (tertiary/aromatic N) is 1. The van der Waals surface area contributed by atoms with Crippen LogP contribution < -0.4 is 4.74 Å². The molecule has 0 amide bonds. The van der Waals surface area contributed by atoms with Crippen molar-refractivity contribution in [1.29, 1.82) is 5.26 Å². The molecule has 0 N–H and O–H groups in total. The van der Waals surface area contributed by atoms with E-state index in [1.54, 1.807) is 0 Å². The maximum absolute atomic E-state index is 9.00. The summed E-state index contributed by atoms with van der Waals surface area (Å²) in [5, 5.41) is 9.00. The maximum Gasteiger partial charge on any atom is 0.178 e. The molecule has 0 aliphatic carbocycles. The molecular weight excluding hydrogens is 202 g/mol. The standard InChI is InChI=1S/C13H13NO2/c1-12(2)8-13(11(7-14)16-13)9-5-3-4-6-10(9)15-12/h3-6,11H,8H2,1-2H3. The van der Waals surface area contributed by atoms with Crippen molar-refractivity contribution in [2.45, 2.75) is 37.6 Å². The highest BCUT2D eigenvalue weighted by Gasteiger charge is 2.64. The Morgan fingerprint density at radius 1 is 1.38 bits per heavy atom. The zero-order chi connectivity index (χ0) is 11.4. The molecule has 1 spiro atoms. The van der Waals surface area contributed by atoms with E-state index in [1.807, 2.05) is 38.1 Å². The Morgan fingerprint density at radius 2 is 2.12 bits per heavy atom. The van der Waals surface area contributed by atoms with E-state index in [-0.39, 0.29) is 11.7 Å². The second-order valence-electron chi connectivity index (χ2n) is 5.05. The number of hydrogen-bond donors (Lipinski definition) is 0. The lowest BCUT2D eigenvalue weighted by molar-refractivity contribution is 0.0421. The van der Waals surface area contributed by atoms with Crippen molar-refractivity contribution in [1.82, 2.24) is 0 Å². The summed E-state index contributed by atoms with van der Waals surface area (Å²) < 4.78 is 11.5. The molecule has 3 rings (SSSR count). The van der Waals surface area contributed by atoms with Crippen LogP contribution in [0.4, 0.5) is 0 Å².